The number of likely N-dealkylation sites (N-methyl/N-ethyl adjacent to an activating group) is 1. The minimum absolute atomic E-state index is 0.115. The molecule has 0 aliphatic carbocycles. The molecule has 1 N–H and O–H groups in total. The Balaban J connectivity index is 1.47. The Bertz CT molecular complexity index is 1840. The van der Waals surface area contributed by atoms with Gasteiger partial charge in [-0.25, -0.2) is 4.68 Å². The van der Waals surface area contributed by atoms with Crippen molar-refractivity contribution in [3.05, 3.63) is 81.9 Å². The molecule has 0 radical (unpaired) electrons. The van der Waals surface area contributed by atoms with Gasteiger partial charge in [0.25, 0.3) is 0 Å². The fourth-order valence-electron chi connectivity index (χ4n) is 6.30. The first-order valence-corrected chi connectivity index (χ1v) is 16.2. The molecule has 1 unspecified atom stereocenters. The van der Waals surface area contributed by atoms with Crippen LogP contribution in [0.5, 0.6) is 11.5 Å². The predicted octanol–water partition coefficient (Wildman–Crippen LogP) is 4.57. The van der Waals surface area contributed by atoms with Crippen molar-refractivity contribution in [3.8, 4) is 11.5 Å². The summed E-state index contributed by atoms with van der Waals surface area (Å²) in [6, 6.07) is 14.3. The van der Waals surface area contributed by atoms with Crippen molar-refractivity contribution in [2.45, 2.75) is 58.7 Å². The first kappa shape index (κ1) is 30.0. The van der Waals surface area contributed by atoms with Crippen molar-refractivity contribution < 1.29 is 27.2 Å². The average Bonchev–Trinajstić information content (AvgIpc) is 3.39. The Morgan fingerprint density at radius 1 is 1.05 bits per heavy atom. The molecule has 0 saturated carbocycles. The van der Waals surface area contributed by atoms with Crippen LogP contribution in [0.2, 0.25) is 0 Å². The molecule has 0 fully saturated rings. The van der Waals surface area contributed by atoms with E-state index in [1.807, 2.05) is 68.9 Å². The third-order valence-corrected chi connectivity index (χ3v) is 10.2. The van der Waals surface area contributed by atoms with Gasteiger partial charge < -0.3 is 18.9 Å². The van der Waals surface area contributed by atoms with Gasteiger partial charge in [-0.15, -0.1) is 5.10 Å². The van der Waals surface area contributed by atoms with E-state index in [2.05, 4.69) is 15.2 Å². The third kappa shape index (κ3) is 5.76. The molecule has 7 rings (SSSR count). The second-order valence-corrected chi connectivity index (χ2v) is 13.3. The largest absolute Gasteiger partial charge is 0.492 e. The lowest BCUT2D eigenvalue weighted by Crippen LogP contribution is -2.39. The Kier molecular flexibility index (Phi) is 8.08. The normalized spacial score (nSPS) is 22.2. The second-order valence-electron chi connectivity index (χ2n) is 11.8. The monoisotopic (exact) mass is 619 g/mol. The zero-order valence-electron chi connectivity index (χ0n) is 25.4. The highest BCUT2D eigenvalue weighted by atomic mass is 32.2. The Morgan fingerprint density at radius 3 is 2.66 bits per heavy atom. The Hall–Kier alpha value is -4.00. The van der Waals surface area contributed by atoms with Crippen molar-refractivity contribution in [1.29, 1.82) is 0 Å². The van der Waals surface area contributed by atoms with Crippen LogP contribution in [0.1, 0.15) is 65.1 Å². The van der Waals surface area contributed by atoms with Crippen LogP contribution in [0.4, 0.5) is 0 Å². The summed E-state index contributed by atoms with van der Waals surface area (Å²) in [5, 5.41) is 18.9. The van der Waals surface area contributed by atoms with E-state index in [0.29, 0.717) is 36.8 Å². The summed E-state index contributed by atoms with van der Waals surface area (Å²) in [4.78, 5) is 14.3. The number of aromatic nitrogens is 3. The molecule has 9 bridgehead atoms. The number of benzene rings is 3. The molecule has 3 aliphatic heterocycles. The van der Waals surface area contributed by atoms with Gasteiger partial charge in [0.2, 0.25) is 0 Å². The summed E-state index contributed by atoms with van der Waals surface area (Å²) in [5.74, 6) is -0.469. The smallest absolute Gasteiger partial charge is 0.386 e. The van der Waals surface area contributed by atoms with Crippen LogP contribution < -0.4 is 8.92 Å². The molecule has 232 valence electrons. The number of aliphatic carboxylic acids is 1. The average molecular weight is 620 g/mol. The molecule has 3 aromatic carbocycles. The molecule has 11 nitrogen and oxygen atoms in total. The highest BCUT2D eigenvalue weighted by molar-refractivity contribution is 7.84. The molecular weight excluding hydrogens is 582 g/mol. The third-order valence-electron chi connectivity index (χ3n) is 8.82. The fourth-order valence-corrected chi connectivity index (χ4v) is 7.58. The number of carbonyl (C=O) groups is 1. The van der Waals surface area contributed by atoms with E-state index in [4.69, 9.17) is 8.92 Å². The topological polar surface area (TPSA) is 127 Å². The molecule has 4 heterocycles. The van der Waals surface area contributed by atoms with Crippen molar-refractivity contribution in [1.82, 2.24) is 24.2 Å². The number of nitrogens with zero attached hydrogens (tertiary/aromatic N) is 5. The van der Waals surface area contributed by atoms with Crippen molar-refractivity contribution >= 4 is 27.3 Å². The summed E-state index contributed by atoms with van der Waals surface area (Å²) in [6.45, 7) is 8.55. The van der Waals surface area contributed by atoms with Crippen LogP contribution in [-0.2, 0) is 28.2 Å². The molecule has 0 amide bonds. The zero-order chi connectivity index (χ0) is 31.2. The number of ether oxygens (including phenoxy) is 1. The maximum Gasteiger partial charge on any atom is 0.386 e. The highest BCUT2D eigenvalue weighted by Crippen LogP contribution is 2.40. The molecule has 4 aromatic rings. The van der Waals surface area contributed by atoms with Crippen LogP contribution in [0.15, 0.2) is 48.5 Å². The van der Waals surface area contributed by atoms with E-state index in [9.17, 15) is 18.3 Å². The maximum atomic E-state index is 13.4. The van der Waals surface area contributed by atoms with Gasteiger partial charge in [0.1, 0.15) is 23.6 Å². The van der Waals surface area contributed by atoms with Crippen molar-refractivity contribution in [2.75, 3.05) is 26.7 Å². The first-order valence-electron chi connectivity index (χ1n) is 14.8. The fraction of sp³-hybridized carbons (Fsp3) is 0.406. The standard InChI is InChI=1S/C32H37N5O6S/c1-20-6-7-23-17-27(20)22(3)37-19-24-16-25(8-11-30(24)43-44(37,40)41)42-15-14-35(4)12-5-13-36-29-10-9-26(28(23)18-31(38)39)21(2)32(29)33-34-36/h6-11,16-17,22,28H,5,12-15,18-19H2,1-4H3,(H,38,39)/t22-,28+/m1/s1. The number of aryl methyl sites for hydroxylation is 3. The summed E-state index contributed by atoms with van der Waals surface area (Å²) >= 11 is 0. The summed E-state index contributed by atoms with van der Waals surface area (Å²) in [7, 11) is -2.05. The SMILES string of the molecule is Cc1ccc2cc1[C@@H](C)N1Cc3cc(ccc3OS1(=O)=O)OCCN(C)CCCn1nnc3c(C)c(ccc31)[C@H]2CC(=O)O. The molecular formula is C32H37N5O6S. The molecule has 0 spiro atoms. The molecule has 12 heteroatoms. The number of hydrogen-bond donors (Lipinski definition) is 1. The van der Waals surface area contributed by atoms with Gasteiger partial charge in [0.05, 0.1) is 18.0 Å². The summed E-state index contributed by atoms with van der Waals surface area (Å²) in [5.41, 5.74) is 6.55. The van der Waals surface area contributed by atoms with Gasteiger partial charge >= 0.3 is 16.3 Å². The second kappa shape index (κ2) is 11.8. The van der Waals surface area contributed by atoms with E-state index in [1.54, 1.807) is 12.1 Å². The lowest BCUT2D eigenvalue weighted by atomic mass is 9.83. The van der Waals surface area contributed by atoms with Gasteiger partial charge in [0.15, 0.2) is 0 Å². The number of carboxylic acids is 1. The number of hydrogen-bond acceptors (Lipinski definition) is 8. The molecule has 3 atom stereocenters. The molecule has 1 aromatic heterocycles. The van der Waals surface area contributed by atoms with Gasteiger partial charge in [-0.1, -0.05) is 29.5 Å². The number of rotatable bonds is 2. The van der Waals surface area contributed by atoms with E-state index < -0.39 is 28.2 Å². The van der Waals surface area contributed by atoms with Crippen LogP contribution >= 0.6 is 0 Å². The molecule has 3 aliphatic rings. The lowest BCUT2D eigenvalue weighted by molar-refractivity contribution is -0.137. The first-order chi connectivity index (χ1) is 21.0. The van der Waals surface area contributed by atoms with Gasteiger partial charge in [-0.05, 0) is 92.9 Å². The molecule has 0 saturated heterocycles. The molecule has 44 heavy (non-hydrogen) atoms. The quantitative estimate of drug-likeness (QED) is 0.343. The summed E-state index contributed by atoms with van der Waals surface area (Å²) < 4.78 is 41.6. The van der Waals surface area contributed by atoms with E-state index in [1.165, 1.54) is 4.31 Å². The van der Waals surface area contributed by atoms with Crippen LogP contribution in [0, 0.1) is 13.8 Å². The zero-order valence-corrected chi connectivity index (χ0v) is 26.2. The maximum absolute atomic E-state index is 13.4. The summed E-state index contributed by atoms with van der Waals surface area (Å²) in [6.07, 6.45) is 0.729. The van der Waals surface area contributed by atoms with Gasteiger partial charge in [-0.3, -0.25) is 4.79 Å². The minimum Gasteiger partial charge on any atom is -0.492 e. The number of carboxylic acid groups (broad SMARTS) is 1. The predicted molar refractivity (Wildman–Crippen MR) is 165 cm³/mol. The van der Waals surface area contributed by atoms with E-state index >= 15 is 0 Å². The highest BCUT2D eigenvalue weighted by Gasteiger charge is 2.37. The van der Waals surface area contributed by atoms with Crippen LogP contribution in [-0.4, -0.2) is 70.4 Å². The Labute approximate surface area is 257 Å². The Morgan fingerprint density at radius 2 is 1.86 bits per heavy atom. The minimum atomic E-state index is -4.10. The lowest BCUT2D eigenvalue weighted by Gasteiger charge is -2.33. The van der Waals surface area contributed by atoms with Crippen molar-refractivity contribution in [2.24, 2.45) is 0 Å². The van der Waals surface area contributed by atoms with E-state index in [-0.39, 0.29) is 13.0 Å². The van der Waals surface area contributed by atoms with Crippen LogP contribution in [0.25, 0.3) is 11.0 Å². The number of fused-ring (bicyclic) bond motifs is 7. The van der Waals surface area contributed by atoms with E-state index in [0.717, 1.165) is 51.8 Å². The van der Waals surface area contributed by atoms with Gasteiger partial charge in [0, 0.05) is 31.1 Å². The van der Waals surface area contributed by atoms with Gasteiger partial charge in [-0.2, -0.15) is 12.7 Å². The van der Waals surface area contributed by atoms with Crippen LogP contribution in [0.3, 0.4) is 0 Å². The van der Waals surface area contributed by atoms with Crippen molar-refractivity contribution in [3.63, 3.8) is 0 Å².